The Morgan fingerprint density at radius 3 is 3.11 bits per heavy atom. The Labute approximate surface area is 120 Å². The molecule has 0 spiro atoms. The largest absolute Gasteiger partial charge is 0.376 e. The first kappa shape index (κ1) is 14.8. The van der Waals surface area contributed by atoms with Crippen molar-refractivity contribution in [2.45, 2.75) is 45.8 Å². The van der Waals surface area contributed by atoms with Crippen molar-refractivity contribution in [3.8, 4) is 0 Å². The molecular weight excluding hydrogens is 258 g/mol. The minimum Gasteiger partial charge on any atom is -0.376 e. The van der Waals surface area contributed by atoms with E-state index >= 15 is 0 Å². The number of aryl methyl sites for hydroxylation is 1. The summed E-state index contributed by atoms with van der Waals surface area (Å²) in [4.78, 5) is 8.45. The molecule has 1 aliphatic heterocycles. The van der Waals surface area contributed by atoms with E-state index < -0.39 is 0 Å². The van der Waals surface area contributed by atoms with Crippen LogP contribution in [0.5, 0.6) is 0 Å². The summed E-state index contributed by atoms with van der Waals surface area (Å²) in [5.41, 5.74) is 1.16. The first-order chi connectivity index (χ1) is 9.24. The van der Waals surface area contributed by atoms with E-state index in [2.05, 4.69) is 24.1 Å². The molecule has 2 rings (SSSR count). The van der Waals surface area contributed by atoms with Crippen LogP contribution in [0, 0.1) is 6.92 Å². The lowest BCUT2D eigenvalue weighted by atomic mass is 10.1. The van der Waals surface area contributed by atoms with Gasteiger partial charge in [-0.1, -0.05) is 6.92 Å². The van der Waals surface area contributed by atoms with E-state index in [0.717, 1.165) is 43.5 Å². The first-order valence-electron chi connectivity index (χ1n) is 7.22. The molecule has 2 heterocycles. The van der Waals surface area contributed by atoms with Crippen LogP contribution in [0.2, 0.25) is 0 Å². The fraction of sp³-hybridized carbons (Fsp3) is 0.786. The Bertz CT molecular complexity index is 394. The van der Waals surface area contributed by atoms with E-state index in [9.17, 15) is 0 Å². The van der Waals surface area contributed by atoms with Gasteiger partial charge >= 0.3 is 0 Å². The van der Waals surface area contributed by atoms with Crippen molar-refractivity contribution >= 4 is 16.5 Å². The Morgan fingerprint density at radius 1 is 1.53 bits per heavy atom. The van der Waals surface area contributed by atoms with Crippen LogP contribution in [-0.4, -0.2) is 37.8 Å². The van der Waals surface area contributed by atoms with E-state index in [1.165, 1.54) is 17.7 Å². The summed E-state index contributed by atoms with van der Waals surface area (Å²) in [7, 11) is 1.98. The number of ether oxygens (including phenoxy) is 1. The second-order valence-corrected chi connectivity index (χ2v) is 6.18. The fourth-order valence-electron chi connectivity index (χ4n) is 2.40. The van der Waals surface area contributed by atoms with E-state index in [1.807, 2.05) is 18.4 Å². The molecule has 0 aromatic carbocycles. The second kappa shape index (κ2) is 7.22. The van der Waals surface area contributed by atoms with Crippen molar-refractivity contribution in [3.63, 3.8) is 0 Å². The van der Waals surface area contributed by atoms with Crippen LogP contribution in [-0.2, 0) is 11.3 Å². The average molecular weight is 283 g/mol. The minimum atomic E-state index is 0.380. The summed E-state index contributed by atoms with van der Waals surface area (Å²) in [5.74, 6) is 0. The van der Waals surface area contributed by atoms with Gasteiger partial charge in [-0.3, -0.25) is 0 Å². The molecule has 1 fully saturated rings. The predicted molar refractivity (Wildman–Crippen MR) is 81.1 cm³/mol. The molecule has 5 heteroatoms. The van der Waals surface area contributed by atoms with Crippen molar-refractivity contribution in [2.75, 3.05) is 31.6 Å². The number of hydrogen-bond acceptors (Lipinski definition) is 5. The molecule has 1 aliphatic rings. The van der Waals surface area contributed by atoms with Gasteiger partial charge in [-0.15, -0.1) is 11.3 Å². The molecule has 4 nitrogen and oxygen atoms in total. The second-order valence-electron chi connectivity index (χ2n) is 5.12. The molecule has 1 unspecified atom stereocenters. The van der Waals surface area contributed by atoms with Crippen LogP contribution in [0.25, 0.3) is 0 Å². The Morgan fingerprint density at radius 2 is 2.37 bits per heavy atom. The van der Waals surface area contributed by atoms with Crippen molar-refractivity contribution in [1.29, 1.82) is 0 Å². The van der Waals surface area contributed by atoms with Crippen molar-refractivity contribution in [1.82, 2.24) is 10.3 Å². The zero-order valence-electron chi connectivity index (χ0n) is 12.2. The van der Waals surface area contributed by atoms with Crippen LogP contribution in [0.4, 0.5) is 5.13 Å². The molecule has 1 N–H and O–H groups in total. The zero-order valence-corrected chi connectivity index (χ0v) is 13.1. The topological polar surface area (TPSA) is 37.4 Å². The van der Waals surface area contributed by atoms with Gasteiger partial charge in [0.2, 0.25) is 0 Å². The third-order valence-corrected chi connectivity index (χ3v) is 4.64. The van der Waals surface area contributed by atoms with Gasteiger partial charge in [-0.25, -0.2) is 4.98 Å². The third kappa shape index (κ3) is 3.91. The van der Waals surface area contributed by atoms with E-state index in [-0.39, 0.29) is 0 Å². The van der Waals surface area contributed by atoms with Gasteiger partial charge in [0, 0.05) is 31.1 Å². The summed E-state index contributed by atoms with van der Waals surface area (Å²) in [6.07, 6.45) is 3.86. The monoisotopic (exact) mass is 283 g/mol. The molecule has 0 bridgehead atoms. The lowest BCUT2D eigenvalue weighted by molar-refractivity contribution is 0.0440. The van der Waals surface area contributed by atoms with Crippen LogP contribution >= 0.6 is 11.3 Å². The average Bonchev–Trinajstić information content (AvgIpc) is 2.79. The molecule has 19 heavy (non-hydrogen) atoms. The maximum absolute atomic E-state index is 5.89. The van der Waals surface area contributed by atoms with E-state index in [1.54, 1.807) is 0 Å². The molecule has 1 atom stereocenters. The molecule has 0 radical (unpaired) electrons. The molecule has 0 amide bonds. The third-order valence-electron chi connectivity index (χ3n) is 3.43. The fourth-order valence-corrected chi connectivity index (χ4v) is 3.51. The van der Waals surface area contributed by atoms with Gasteiger partial charge in [-0.2, -0.15) is 0 Å². The molecule has 1 aromatic rings. The number of aromatic nitrogens is 1. The van der Waals surface area contributed by atoms with E-state index in [0.29, 0.717) is 6.10 Å². The van der Waals surface area contributed by atoms with Crippen molar-refractivity contribution < 1.29 is 4.74 Å². The molecule has 0 aliphatic carbocycles. The highest BCUT2D eigenvalue weighted by Crippen LogP contribution is 2.28. The number of rotatable bonds is 6. The molecule has 108 valence electrons. The normalized spacial score (nSPS) is 19.9. The van der Waals surface area contributed by atoms with Crippen molar-refractivity contribution in [2.24, 2.45) is 0 Å². The highest BCUT2D eigenvalue weighted by molar-refractivity contribution is 7.15. The number of anilines is 1. The summed E-state index contributed by atoms with van der Waals surface area (Å²) < 4.78 is 5.89. The Kier molecular flexibility index (Phi) is 5.60. The molecule has 1 saturated heterocycles. The van der Waals surface area contributed by atoms with Gasteiger partial charge in [0.15, 0.2) is 5.13 Å². The van der Waals surface area contributed by atoms with Crippen LogP contribution in [0.1, 0.15) is 36.8 Å². The maximum atomic E-state index is 5.89. The smallest absolute Gasteiger partial charge is 0.185 e. The summed E-state index contributed by atoms with van der Waals surface area (Å²) >= 11 is 1.81. The summed E-state index contributed by atoms with van der Waals surface area (Å²) in [6, 6.07) is 0. The van der Waals surface area contributed by atoms with E-state index in [4.69, 9.17) is 9.72 Å². The van der Waals surface area contributed by atoms with Crippen LogP contribution in [0.3, 0.4) is 0 Å². The van der Waals surface area contributed by atoms with Crippen molar-refractivity contribution in [3.05, 3.63) is 10.6 Å². The lowest BCUT2D eigenvalue weighted by Gasteiger charge is -2.32. The highest BCUT2D eigenvalue weighted by Gasteiger charge is 2.23. The summed E-state index contributed by atoms with van der Waals surface area (Å²) in [5, 5.41) is 4.36. The van der Waals surface area contributed by atoms with Crippen LogP contribution < -0.4 is 10.2 Å². The number of nitrogens with one attached hydrogen (secondary N) is 1. The number of hydrogen-bond donors (Lipinski definition) is 1. The Balaban J connectivity index is 1.98. The lowest BCUT2D eigenvalue weighted by Crippen LogP contribution is -2.39. The quantitative estimate of drug-likeness (QED) is 0.870. The minimum absolute atomic E-state index is 0.380. The number of thiazole rings is 1. The molecule has 1 aromatic heterocycles. The van der Waals surface area contributed by atoms with Gasteiger partial charge in [-0.05, 0) is 33.2 Å². The van der Waals surface area contributed by atoms with Gasteiger partial charge in [0.05, 0.1) is 11.8 Å². The summed E-state index contributed by atoms with van der Waals surface area (Å²) in [6.45, 7) is 8.15. The predicted octanol–water partition coefficient (Wildman–Crippen LogP) is 2.57. The van der Waals surface area contributed by atoms with Crippen LogP contribution in [0.15, 0.2) is 0 Å². The first-order valence-corrected chi connectivity index (χ1v) is 8.03. The van der Waals surface area contributed by atoms with Gasteiger partial charge in [0.1, 0.15) is 0 Å². The molecule has 0 saturated carbocycles. The van der Waals surface area contributed by atoms with Gasteiger partial charge in [0.25, 0.3) is 0 Å². The maximum Gasteiger partial charge on any atom is 0.185 e. The Hall–Kier alpha value is -0.650. The number of nitrogens with zero attached hydrogens (tertiary/aromatic N) is 2. The SMILES string of the molecule is CCCOC1CCCN(c2nc(C)c(CNC)s2)C1. The van der Waals surface area contributed by atoms with Gasteiger partial charge < -0.3 is 15.0 Å². The molecular formula is C14H25N3OS. The number of piperidine rings is 1. The highest BCUT2D eigenvalue weighted by atomic mass is 32.1. The zero-order chi connectivity index (χ0) is 13.7. The standard InChI is InChI=1S/C14H25N3OS/c1-4-8-18-12-6-5-7-17(10-12)14-16-11(2)13(19-14)9-15-3/h12,15H,4-10H2,1-3H3.